The molecule has 0 fully saturated rings. The fourth-order valence-electron chi connectivity index (χ4n) is 3.30. The molecule has 3 rings (SSSR count). The number of nitrogens with two attached hydrogens (primary N) is 1. The van der Waals surface area contributed by atoms with Gasteiger partial charge in [0.1, 0.15) is 28.0 Å². The van der Waals surface area contributed by atoms with Crippen LogP contribution in [-0.4, -0.2) is 38.4 Å². The quantitative estimate of drug-likeness (QED) is 0.103. The van der Waals surface area contributed by atoms with Gasteiger partial charge in [-0.25, -0.2) is 26.5 Å². The second-order valence-electron chi connectivity index (χ2n) is 7.71. The maximum atomic E-state index is 15.2. The molecule has 0 heterocycles. The number of benzene rings is 3. The average molecular weight is 715 g/mol. The highest BCUT2D eigenvalue weighted by Gasteiger charge is 2.33. The first kappa shape index (κ1) is 31.3. The van der Waals surface area contributed by atoms with Crippen LogP contribution in [0.25, 0.3) is 0 Å². The summed E-state index contributed by atoms with van der Waals surface area (Å²) in [5.74, 6) is -3.10. The van der Waals surface area contributed by atoms with Crippen LogP contribution in [0.15, 0.2) is 58.4 Å². The Morgan fingerprint density at radius 3 is 2.30 bits per heavy atom. The number of sulfonamides is 1. The number of ether oxygens (including phenoxy) is 3. The Morgan fingerprint density at radius 1 is 1.02 bits per heavy atom. The van der Waals surface area contributed by atoms with Gasteiger partial charge >= 0.3 is 6.18 Å². The van der Waals surface area contributed by atoms with Gasteiger partial charge < -0.3 is 19.9 Å². The van der Waals surface area contributed by atoms with Gasteiger partial charge in [-0.2, -0.15) is 13.2 Å². The zero-order valence-electron chi connectivity index (χ0n) is 20.5. The highest BCUT2D eigenvalue weighted by Crippen LogP contribution is 2.37. The van der Waals surface area contributed by atoms with E-state index < -0.39 is 55.7 Å². The number of halogens is 6. The SMILES string of the molecule is COc1ccc(CN(C(=S)N=CN)S(=O)(=O)c2cc(F)c(Oc3ccc(C(F)(F)F)cc3I)cc2F)c(OC)c1. The van der Waals surface area contributed by atoms with Crippen LogP contribution in [0.5, 0.6) is 23.0 Å². The average Bonchev–Trinajstić information content (AvgIpc) is 2.89. The Kier molecular flexibility index (Phi) is 9.78. The van der Waals surface area contributed by atoms with E-state index in [1.165, 1.54) is 55.0 Å². The molecule has 0 amide bonds. The lowest BCUT2D eigenvalue weighted by molar-refractivity contribution is -0.137. The fraction of sp³-hybridized carbons (Fsp3) is 0.167. The Balaban J connectivity index is 2.02. The van der Waals surface area contributed by atoms with Gasteiger partial charge in [-0.3, -0.25) is 0 Å². The first-order valence-corrected chi connectivity index (χ1v) is 13.7. The van der Waals surface area contributed by atoms with Gasteiger partial charge in [0.25, 0.3) is 10.0 Å². The van der Waals surface area contributed by atoms with Gasteiger partial charge in [-0.1, -0.05) is 0 Å². The van der Waals surface area contributed by atoms with Crippen molar-refractivity contribution in [3.05, 3.63) is 74.9 Å². The number of hydrogen-bond donors (Lipinski definition) is 1. The second-order valence-corrected chi connectivity index (χ2v) is 11.1. The summed E-state index contributed by atoms with van der Waals surface area (Å²) in [6.45, 7) is -0.505. The summed E-state index contributed by atoms with van der Waals surface area (Å²) < 4.78 is 112. The van der Waals surface area contributed by atoms with Crippen LogP contribution < -0.4 is 19.9 Å². The Hall–Kier alpha value is -3.25. The molecular formula is C24H19F5IN3O5S2. The smallest absolute Gasteiger partial charge is 0.416 e. The largest absolute Gasteiger partial charge is 0.497 e. The van der Waals surface area contributed by atoms with E-state index in [9.17, 15) is 21.6 Å². The standard InChI is InChI=1S/C24H19F5IN3O5S2/c1-36-15-5-3-13(20(8-15)37-2)11-33(23(39)32-12-31)40(34,35)22-10-16(25)21(9-17(22)26)38-19-6-4-14(7-18(19)30)24(27,28)29/h3-10,12H,11H2,1-2H3,(H2,31,32,39). The van der Waals surface area contributed by atoms with Crippen molar-refractivity contribution in [2.24, 2.45) is 10.7 Å². The predicted octanol–water partition coefficient (Wildman–Crippen LogP) is 5.86. The maximum absolute atomic E-state index is 15.2. The van der Waals surface area contributed by atoms with Crippen LogP contribution in [0.4, 0.5) is 22.0 Å². The molecule has 0 aliphatic carbocycles. The normalized spacial score (nSPS) is 11.9. The van der Waals surface area contributed by atoms with Gasteiger partial charge in [-0.15, -0.1) is 0 Å². The summed E-state index contributed by atoms with van der Waals surface area (Å²) in [7, 11) is -2.15. The first-order chi connectivity index (χ1) is 18.7. The molecule has 214 valence electrons. The third-order valence-corrected chi connectivity index (χ3v) is 8.28. The van der Waals surface area contributed by atoms with Crippen molar-refractivity contribution >= 4 is 56.3 Å². The molecule has 16 heteroatoms. The van der Waals surface area contributed by atoms with Crippen molar-refractivity contribution in [2.75, 3.05) is 14.2 Å². The van der Waals surface area contributed by atoms with Crippen molar-refractivity contribution < 1.29 is 44.6 Å². The molecule has 0 aliphatic rings. The number of methoxy groups -OCH3 is 2. The fourth-order valence-corrected chi connectivity index (χ4v) is 5.71. The van der Waals surface area contributed by atoms with E-state index in [-0.39, 0.29) is 20.6 Å². The minimum atomic E-state index is -4.90. The van der Waals surface area contributed by atoms with Crippen molar-refractivity contribution in [1.82, 2.24) is 4.31 Å². The zero-order chi connectivity index (χ0) is 29.8. The summed E-state index contributed by atoms with van der Waals surface area (Å²) in [6.07, 6.45) is -3.89. The lowest BCUT2D eigenvalue weighted by Crippen LogP contribution is -2.35. The number of hydrogen-bond acceptors (Lipinski definition) is 6. The maximum Gasteiger partial charge on any atom is 0.416 e. The molecule has 0 atom stereocenters. The molecule has 3 aromatic carbocycles. The van der Waals surface area contributed by atoms with Gasteiger partial charge in [0.2, 0.25) is 5.11 Å². The number of alkyl halides is 3. The van der Waals surface area contributed by atoms with Crippen LogP contribution in [-0.2, 0) is 22.7 Å². The van der Waals surface area contributed by atoms with Crippen LogP contribution in [0.3, 0.4) is 0 Å². The Labute approximate surface area is 244 Å². The van der Waals surface area contributed by atoms with Crippen molar-refractivity contribution in [1.29, 1.82) is 0 Å². The van der Waals surface area contributed by atoms with E-state index in [1.807, 2.05) is 0 Å². The minimum absolute atomic E-state index is 0.0476. The number of nitrogens with zero attached hydrogens (tertiary/aromatic N) is 2. The number of aliphatic imine (C=N–C) groups is 1. The highest BCUT2D eigenvalue weighted by molar-refractivity contribution is 14.1. The molecule has 0 unspecified atom stereocenters. The third kappa shape index (κ3) is 6.90. The molecule has 0 saturated heterocycles. The minimum Gasteiger partial charge on any atom is -0.497 e. The van der Waals surface area contributed by atoms with Crippen LogP contribution in [0.2, 0.25) is 0 Å². The zero-order valence-corrected chi connectivity index (χ0v) is 24.3. The molecule has 0 bridgehead atoms. The molecule has 2 N–H and O–H groups in total. The lowest BCUT2D eigenvalue weighted by Gasteiger charge is -2.24. The lowest BCUT2D eigenvalue weighted by atomic mass is 10.2. The Morgan fingerprint density at radius 2 is 1.73 bits per heavy atom. The van der Waals surface area contributed by atoms with Gasteiger partial charge in [-0.05, 0) is 65.1 Å². The molecule has 0 aromatic heterocycles. The third-order valence-electron chi connectivity index (χ3n) is 5.24. The topological polar surface area (TPSA) is 103 Å². The van der Waals surface area contributed by atoms with E-state index in [1.54, 1.807) is 0 Å². The van der Waals surface area contributed by atoms with Crippen LogP contribution in [0, 0.1) is 15.2 Å². The van der Waals surface area contributed by atoms with Crippen LogP contribution >= 0.6 is 34.8 Å². The number of rotatable bonds is 8. The number of thiocarbonyl (C=S) groups is 1. The molecule has 8 nitrogen and oxygen atoms in total. The molecule has 0 aliphatic heterocycles. The molecule has 0 radical (unpaired) electrons. The van der Waals surface area contributed by atoms with Crippen molar-refractivity contribution in [3.63, 3.8) is 0 Å². The van der Waals surface area contributed by atoms with Crippen LogP contribution in [0.1, 0.15) is 11.1 Å². The summed E-state index contributed by atoms with van der Waals surface area (Å²) in [6, 6.07) is 7.69. The Bertz CT molecular complexity index is 1570. The van der Waals surface area contributed by atoms with E-state index in [0.717, 1.165) is 18.5 Å². The molecule has 3 aromatic rings. The van der Waals surface area contributed by atoms with Gasteiger partial charge in [0, 0.05) is 23.8 Å². The van der Waals surface area contributed by atoms with E-state index in [0.29, 0.717) is 28.3 Å². The molecular weight excluding hydrogens is 696 g/mol. The molecule has 0 spiro atoms. The second kappa shape index (κ2) is 12.5. The first-order valence-electron chi connectivity index (χ1n) is 10.8. The summed E-state index contributed by atoms with van der Waals surface area (Å²) in [5.41, 5.74) is 4.58. The van der Waals surface area contributed by atoms with Crippen molar-refractivity contribution in [2.45, 2.75) is 17.6 Å². The monoisotopic (exact) mass is 715 g/mol. The summed E-state index contributed by atoms with van der Waals surface area (Å²) in [5, 5.41) is -0.584. The highest BCUT2D eigenvalue weighted by atomic mass is 127. The van der Waals surface area contributed by atoms with E-state index in [4.69, 9.17) is 32.2 Å². The molecule has 40 heavy (non-hydrogen) atoms. The van der Waals surface area contributed by atoms with E-state index >= 15 is 8.78 Å². The summed E-state index contributed by atoms with van der Waals surface area (Å²) in [4.78, 5) is 2.50. The van der Waals surface area contributed by atoms with E-state index in [2.05, 4.69) is 4.99 Å². The molecule has 0 saturated carbocycles. The predicted molar refractivity (Wildman–Crippen MR) is 148 cm³/mol. The summed E-state index contributed by atoms with van der Waals surface area (Å²) >= 11 is 6.61. The van der Waals surface area contributed by atoms with Crippen molar-refractivity contribution in [3.8, 4) is 23.0 Å². The van der Waals surface area contributed by atoms with Gasteiger partial charge in [0.05, 0.1) is 36.2 Å². The van der Waals surface area contributed by atoms with Gasteiger partial charge in [0.15, 0.2) is 11.6 Å².